The summed E-state index contributed by atoms with van der Waals surface area (Å²) in [4.78, 5) is 12.0. The molecular formula is C14H26N2O. The maximum absolute atomic E-state index is 12.0. The number of hydrogen-bond acceptors (Lipinski definition) is 2. The van der Waals surface area contributed by atoms with Crippen molar-refractivity contribution < 1.29 is 4.79 Å². The average molecular weight is 238 g/mol. The summed E-state index contributed by atoms with van der Waals surface area (Å²) in [5.74, 6) is 0.668. The van der Waals surface area contributed by atoms with E-state index in [9.17, 15) is 4.79 Å². The average Bonchev–Trinajstić information content (AvgIpc) is 2.97. The zero-order chi connectivity index (χ0) is 12.7. The summed E-state index contributed by atoms with van der Waals surface area (Å²) in [6.07, 6.45) is 6.57. The molecule has 2 unspecified atom stereocenters. The van der Waals surface area contributed by atoms with E-state index in [4.69, 9.17) is 5.73 Å². The Kier molecular flexibility index (Phi) is 3.23. The number of amides is 1. The number of carbonyl (C=O) groups excluding carboxylic acids is 1. The van der Waals surface area contributed by atoms with Crippen molar-refractivity contribution in [1.29, 1.82) is 0 Å². The SMILES string of the molecule is CC(C)(C)C1CCCCC1NC(=O)C1(N)CC1. The van der Waals surface area contributed by atoms with Gasteiger partial charge in [-0.15, -0.1) is 0 Å². The molecule has 0 saturated heterocycles. The lowest BCUT2D eigenvalue weighted by atomic mass is 9.69. The van der Waals surface area contributed by atoms with Gasteiger partial charge in [-0.1, -0.05) is 33.6 Å². The van der Waals surface area contributed by atoms with E-state index in [1.165, 1.54) is 19.3 Å². The fourth-order valence-corrected chi connectivity index (χ4v) is 3.01. The molecule has 0 aromatic carbocycles. The first-order valence-corrected chi connectivity index (χ1v) is 6.93. The number of rotatable bonds is 2. The predicted molar refractivity (Wildman–Crippen MR) is 69.5 cm³/mol. The van der Waals surface area contributed by atoms with E-state index >= 15 is 0 Å². The zero-order valence-corrected chi connectivity index (χ0v) is 11.4. The van der Waals surface area contributed by atoms with Crippen molar-refractivity contribution in [3.63, 3.8) is 0 Å². The van der Waals surface area contributed by atoms with Gasteiger partial charge in [0.25, 0.3) is 0 Å². The summed E-state index contributed by atoms with van der Waals surface area (Å²) in [5.41, 5.74) is 5.69. The van der Waals surface area contributed by atoms with Crippen LogP contribution in [0.4, 0.5) is 0 Å². The first-order valence-electron chi connectivity index (χ1n) is 6.93. The molecule has 3 nitrogen and oxygen atoms in total. The summed E-state index contributed by atoms with van der Waals surface area (Å²) in [7, 11) is 0. The standard InChI is InChI=1S/C14H26N2O/c1-13(2,3)10-6-4-5-7-11(10)16-12(17)14(15)8-9-14/h10-11H,4-9,15H2,1-3H3,(H,16,17). The summed E-state index contributed by atoms with van der Waals surface area (Å²) in [6, 6.07) is 0.331. The van der Waals surface area contributed by atoms with Crippen molar-refractivity contribution in [3.8, 4) is 0 Å². The minimum atomic E-state index is -0.528. The molecule has 0 heterocycles. The highest BCUT2D eigenvalue weighted by Crippen LogP contribution is 2.39. The van der Waals surface area contributed by atoms with E-state index in [2.05, 4.69) is 26.1 Å². The molecule has 98 valence electrons. The Morgan fingerprint density at radius 1 is 1.24 bits per heavy atom. The van der Waals surface area contributed by atoms with Gasteiger partial charge in [0.1, 0.15) is 0 Å². The third-order valence-corrected chi connectivity index (χ3v) is 4.44. The van der Waals surface area contributed by atoms with Gasteiger partial charge in [0, 0.05) is 6.04 Å². The Bertz CT molecular complexity index is 302. The summed E-state index contributed by atoms with van der Waals surface area (Å²) in [6.45, 7) is 6.83. The van der Waals surface area contributed by atoms with Crippen LogP contribution in [0.25, 0.3) is 0 Å². The normalized spacial score (nSPS) is 32.0. The van der Waals surface area contributed by atoms with Crippen LogP contribution < -0.4 is 11.1 Å². The van der Waals surface area contributed by atoms with Crippen LogP contribution in [0, 0.1) is 11.3 Å². The maximum Gasteiger partial charge on any atom is 0.240 e. The van der Waals surface area contributed by atoms with Crippen LogP contribution in [0.15, 0.2) is 0 Å². The number of nitrogens with one attached hydrogen (secondary N) is 1. The number of nitrogens with two attached hydrogens (primary N) is 1. The Morgan fingerprint density at radius 2 is 1.82 bits per heavy atom. The van der Waals surface area contributed by atoms with Gasteiger partial charge >= 0.3 is 0 Å². The van der Waals surface area contributed by atoms with Gasteiger partial charge < -0.3 is 11.1 Å². The first kappa shape index (κ1) is 12.9. The smallest absolute Gasteiger partial charge is 0.240 e. The second-order valence-electron chi connectivity index (χ2n) is 6.99. The van der Waals surface area contributed by atoms with Crippen molar-refractivity contribution in [2.75, 3.05) is 0 Å². The van der Waals surface area contributed by atoms with Crippen molar-refractivity contribution in [3.05, 3.63) is 0 Å². The minimum Gasteiger partial charge on any atom is -0.351 e. The van der Waals surface area contributed by atoms with Crippen molar-refractivity contribution in [1.82, 2.24) is 5.32 Å². The topological polar surface area (TPSA) is 55.1 Å². The predicted octanol–water partition coefficient (Wildman–Crippen LogP) is 2.20. The van der Waals surface area contributed by atoms with Crippen molar-refractivity contribution in [2.45, 2.75) is 70.9 Å². The van der Waals surface area contributed by atoms with Crippen LogP contribution in [-0.4, -0.2) is 17.5 Å². The molecule has 1 amide bonds. The molecule has 3 N–H and O–H groups in total. The van der Waals surface area contributed by atoms with E-state index < -0.39 is 5.54 Å². The molecular weight excluding hydrogens is 212 g/mol. The van der Waals surface area contributed by atoms with Gasteiger partial charge in [-0.05, 0) is 37.0 Å². The van der Waals surface area contributed by atoms with E-state index in [-0.39, 0.29) is 11.3 Å². The monoisotopic (exact) mass is 238 g/mol. The lowest BCUT2D eigenvalue weighted by molar-refractivity contribution is -0.125. The fraction of sp³-hybridized carbons (Fsp3) is 0.929. The molecule has 0 aromatic rings. The third kappa shape index (κ3) is 2.82. The molecule has 2 aliphatic rings. The lowest BCUT2D eigenvalue weighted by Gasteiger charge is -2.41. The minimum absolute atomic E-state index is 0.0821. The van der Waals surface area contributed by atoms with Gasteiger partial charge in [0.2, 0.25) is 5.91 Å². The zero-order valence-electron chi connectivity index (χ0n) is 11.4. The molecule has 2 fully saturated rings. The first-order chi connectivity index (χ1) is 7.83. The van der Waals surface area contributed by atoms with Crippen LogP contribution in [0.2, 0.25) is 0 Å². The highest BCUT2D eigenvalue weighted by molar-refractivity contribution is 5.89. The molecule has 2 atom stereocenters. The molecule has 0 aromatic heterocycles. The number of carbonyl (C=O) groups is 1. The third-order valence-electron chi connectivity index (χ3n) is 4.44. The van der Waals surface area contributed by atoms with E-state index in [1.54, 1.807) is 0 Å². The van der Waals surface area contributed by atoms with Gasteiger partial charge in [-0.3, -0.25) is 4.79 Å². The lowest BCUT2D eigenvalue weighted by Crippen LogP contribution is -2.52. The van der Waals surface area contributed by atoms with Gasteiger partial charge in [-0.25, -0.2) is 0 Å². The molecule has 0 spiro atoms. The van der Waals surface area contributed by atoms with Crippen LogP contribution in [0.5, 0.6) is 0 Å². The molecule has 0 bridgehead atoms. The molecule has 2 rings (SSSR count). The second kappa shape index (κ2) is 4.27. The molecule has 2 aliphatic carbocycles. The molecule has 0 aliphatic heterocycles. The Morgan fingerprint density at radius 3 is 2.35 bits per heavy atom. The quantitative estimate of drug-likeness (QED) is 0.775. The largest absolute Gasteiger partial charge is 0.351 e. The Balaban J connectivity index is 1.99. The van der Waals surface area contributed by atoms with Gasteiger partial charge in [0.05, 0.1) is 5.54 Å². The van der Waals surface area contributed by atoms with Crippen molar-refractivity contribution in [2.24, 2.45) is 17.1 Å². The molecule has 3 heteroatoms. The van der Waals surface area contributed by atoms with Crippen LogP contribution in [-0.2, 0) is 4.79 Å². The van der Waals surface area contributed by atoms with Crippen LogP contribution in [0.1, 0.15) is 59.3 Å². The summed E-state index contributed by atoms with van der Waals surface area (Å²) >= 11 is 0. The van der Waals surface area contributed by atoms with Crippen molar-refractivity contribution >= 4 is 5.91 Å². The molecule has 2 saturated carbocycles. The highest BCUT2D eigenvalue weighted by atomic mass is 16.2. The van der Waals surface area contributed by atoms with Crippen LogP contribution >= 0.6 is 0 Å². The maximum atomic E-state index is 12.0. The molecule has 17 heavy (non-hydrogen) atoms. The Hall–Kier alpha value is -0.570. The Labute approximate surface area is 105 Å². The van der Waals surface area contributed by atoms with E-state index in [1.807, 2.05) is 0 Å². The van der Waals surface area contributed by atoms with Crippen LogP contribution in [0.3, 0.4) is 0 Å². The van der Waals surface area contributed by atoms with E-state index in [0.29, 0.717) is 12.0 Å². The fourth-order valence-electron chi connectivity index (χ4n) is 3.01. The summed E-state index contributed by atoms with van der Waals surface area (Å²) < 4.78 is 0. The highest BCUT2D eigenvalue weighted by Gasteiger charge is 2.47. The van der Waals surface area contributed by atoms with Gasteiger partial charge in [0.15, 0.2) is 0 Å². The number of hydrogen-bond donors (Lipinski definition) is 2. The van der Waals surface area contributed by atoms with E-state index in [0.717, 1.165) is 19.3 Å². The summed E-state index contributed by atoms with van der Waals surface area (Å²) in [5, 5.41) is 3.21. The second-order valence-corrected chi connectivity index (χ2v) is 6.99. The molecule has 0 radical (unpaired) electrons. The van der Waals surface area contributed by atoms with Gasteiger partial charge in [-0.2, -0.15) is 0 Å².